The summed E-state index contributed by atoms with van der Waals surface area (Å²) in [5.74, 6) is 0. The average Bonchev–Trinajstić information content (AvgIpc) is 2.65. The topological polar surface area (TPSA) is 41.3 Å². The van der Waals surface area contributed by atoms with Crippen LogP contribution in [0.5, 0.6) is 0 Å². The van der Waals surface area contributed by atoms with Crippen molar-refractivity contribution in [3.8, 4) is 0 Å². The van der Waals surface area contributed by atoms with E-state index in [1.54, 1.807) is 0 Å². The molecule has 0 amide bonds. The van der Waals surface area contributed by atoms with Gasteiger partial charge in [-0.05, 0) is 26.3 Å². The van der Waals surface area contributed by atoms with Gasteiger partial charge in [0.15, 0.2) is 0 Å². The lowest BCUT2D eigenvalue weighted by Crippen LogP contribution is -2.37. The van der Waals surface area contributed by atoms with Gasteiger partial charge >= 0.3 is 0 Å². The van der Waals surface area contributed by atoms with Gasteiger partial charge in [0.2, 0.25) is 0 Å². The van der Waals surface area contributed by atoms with Crippen molar-refractivity contribution < 1.29 is 5.11 Å². The van der Waals surface area contributed by atoms with Crippen LogP contribution in [0.4, 0.5) is 0 Å². The second-order valence-electron chi connectivity index (χ2n) is 4.24. The summed E-state index contributed by atoms with van der Waals surface area (Å²) >= 11 is 0. The molecule has 84 valence electrons. The number of likely N-dealkylation sites (tertiary alicyclic amines) is 1. The molecule has 0 aromatic carbocycles. The third-order valence-electron chi connectivity index (χ3n) is 2.90. The molecule has 1 fully saturated rings. The molecule has 0 radical (unpaired) electrons. The Hall–Kier alpha value is -0.870. The lowest BCUT2D eigenvalue weighted by Gasteiger charge is -2.29. The molecule has 2 heterocycles. The van der Waals surface area contributed by atoms with E-state index in [4.69, 9.17) is 0 Å². The Labute approximate surface area is 90.5 Å². The zero-order chi connectivity index (χ0) is 10.7. The SMILES string of the molecule is CCn1cc(CN2CCCC(O)C2)cn1. The van der Waals surface area contributed by atoms with Crippen molar-refractivity contribution in [1.29, 1.82) is 0 Å². The Bertz CT molecular complexity index is 311. The van der Waals surface area contributed by atoms with E-state index in [2.05, 4.69) is 23.1 Å². The Morgan fingerprint density at radius 1 is 1.60 bits per heavy atom. The third-order valence-corrected chi connectivity index (χ3v) is 2.90. The smallest absolute Gasteiger partial charge is 0.0667 e. The van der Waals surface area contributed by atoms with Crippen LogP contribution in [0.3, 0.4) is 0 Å². The van der Waals surface area contributed by atoms with Gasteiger partial charge in [-0.2, -0.15) is 5.10 Å². The molecule has 1 aliphatic rings. The highest BCUT2D eigenvalue weighted by Gasteiger charge is 2.17. The van der Waals surface area contributed by atoms with Crippen LogP contribution in [0, 0.1) is 0 Å². The molecule has 0 bridgehead atoms. The van der Waals surface area contributed by atoms with E-state index in [1.807, 2.05) is 10.9 Å². The number of nitrogens with zero attached hydrogens (tertiary/aromatic N) is 3. The lowest BCUT2D eigenvalue weighted by atomic mass is 10.1. The van der Waals surface area contributed by atoms with Crippen LogP contribution in [-0.4, -0.2) is 39.0 Å². The maximum atomic E-state index is 9.55. The molecule has 1 aromatic rings. The van der Waals surface area contributed by atoms with E-state index in [-0.39, 0.29) is 6.10 Å². The van der Waals surface area contributed by atoms with Gasteiger partial charge in [0.05, 0.1) is 12.3 Å². The molecule has 1 saturated heterocycles. The number of hydrogen-bond donors (Lipinski definition) is 1. The van der Waals surface area contributed by atoms with Crippen LogP contribution in [0.25, 0.3) is 0 Å². The van der Waals surface area contributed by atoms with Gasteiger partial charge < -0.3 is 5.11 Å². The summed E-state index contributed by atoms with van der Waals surface area (Å²) in [6.07, 6.45) is 5.92. The molecular formula is C11H19N3O. The lowest BCUT2D eigenvalue weighted by molar-refractivity contribution is 0.0668. The molecule has 1 atom stereocenters. The van der Waals surface area contributed by atoms with Crippen LogP contribution in [0.2, 0.25) is 0 Å². The summed E-state index contributed by atoms with van der Waals surface area (Å²) < 4.78 is 1.94. The van der Waals surface area contributed by atoms with Crippen LogP contribution in [-0.2, 0) is 13.1 Å². The van der Waals surface area contributed by atoms with Gasteiger partial charge in [-0.1, -0.05) is 0 Å². The van der Waals surface area contributed by atoms with E-state index in [0.29, 0.717) is 0 Å². The summed E-state index contributed by atoms with van der Waals surface area (Å²) in [7, 11) is 0. The summed E-state index contributed by atoms with van der Waals surface area (Å²) in [6, 6.07) is 0. The minimum atomic E-state index is -0.139. The largest absolute Gasteiger partial charge is 0.392 e. The number of rotatable bonds is 3. The molecule has 0 aliphatic carbocycles. The molecule has 1 unspecified atom stereocenters. The fraction of sp³-hybridized carbons (Fsp3) is 0.727. The van der Waals surface area contributed by atoms with Crippen LogP contribution in [0.1, 0.15) is 25.3 Å². The molecule has 1 aromatic heterocycles. The van der Waals surface area contributed by atoms with Crippen molar-refractivity contribution in [2.24, 2.45) is 0 Å². The van der Waals surface area contributed by atoms with Crippen molar-refractivity contribution in [3.63, 3.8) is 0 Å². The van der Waals surface area contributed by atoms with Gasteiger partial charge in [-0.25, -0.2) is 0 Å². The number of β-amino-alcohol motifs (C(OH)–C–C–N with tert-alkyl or cyclic N) is 1. The molecule has 4 heteroatoms. The number of hydrogen-bond acceptors (Lipinski definition) is 3. The van der Waals surface area contributed by atoms with Crippen molar-refractivity contribution in [1.82, 2.24) is 14.7 Å². The maximum absolute atomic E-state index is 9.55. The minimum Gasteiger partial charge on any atom is -0.392 e. The van der Waals surface area contributed by atoms with E-state index in [0.717, 1.165) is 39.0 Å². The first-order valence-electron chi connectivity index (χ1n) is 5.69. The quantitative estimate of drug-likeness (QED) is 0.802. The highest BCUT2D eigenvalue weighted by atomic mass is 16.3. The van der Waals surface area contributed by atoms with Gasteiger partial charge in [-0.3, -0.25) is 9.58 Å². The Kier molecular flexibility index (Phi) is 3.38. The summed E-state index contributed by atoms with van der Waals surface area (Å²) in [5.41, 5.74) is 1.24. The van der Waals surface area contributed by atoms with Crippen molar-refractivity contribution in [3.05, 3.63) is 18.0 Å². The van der Waals surface area contributed by atoms with E-state index < -0.39 is 0 Å². The van der Waals surface area contributed by atoms with Crippen molar-refractivity contribution in [2.45, 2.75) is 39.0 Å². The summed E-state index contributed by atoms with van der Waals surface area (Å²) in [6.45, 7) is 5.81. The van der Waals surface area contributed by atoms with Crippen LogP contribution < -0.4 is 0 Å². The second kappa shape index (κ2) is 4.77. The molecule has 1 aliphatic heterocycles. The number of piperidine rings is 1. The fourth-order valence-corrected chi connectivity index (χ4v) is 2.09. The number of aliphatic hydroxyl groups is 1. The molecule has 15 heavy (non-hydrogen) atoms. The van der Waals surface area contributed by atoms with E-state index in [1.165, 1.54) is 5.56 Å². The van der Waals surface area contributed by atoms with Gasteiger partial charge in [0, 0.05) is 31.4 Å². The Balaban J connectivity index is 1.90. The van der Waals surface area contributed by atoms with Crippen molar-refractivity contribution in [2.75, 3.05) is 13.1 Å². The fourth-order valence-electron chi connectivity index (χ4n) is 2.09. The summed E-state index contributed by atoms with van der Waals surface area (Å²) in [5, 5.41) is 13.8. The van der Waals surface area contributed by atoms with E-state index >= 15 is 0 Å². The minimum absolute atomic E-state index is 0.139. The van der Waals surface area contributed by atoms with Crippen LogP contribution in [0.15, 0.2) is 12.4 Å². The van der Waals surface area contributed by atoms with Gasteiger partial charge in [-0.15, -0.1) is 0 Å². The first-order chi connectivity index (χ1) is 7.28. The molecule has 2 rings (SSSR count). The number of aryl methyl sites for hydroxylation is 1. The molecule has 0 spiro atoms. The zero-order valence-electron chi connectivity index (χ0n) is 9.26. The van der Waals surface area contributed by atoms with E-state index in [9.17, 15) is 5.11 Å². The zero-order valence-corrected chi connectivity index (χ0v) is 9.26. The Morgan fingerprint density at radius 2 is 2.47 bits per heavy atom. The first kappa shape index (κ1) is 10.6. The molecular weight excluding hydrogens is 190 g/mol. The van der Waals surface area contributed by atoms with Crippen LogP contribution >= 0.6 is 0 Å². The van der Waals surface area contributed by atoms with Crippen molar-refractivity contribution >= 4 is 0 Å². The monoisotopic (exact) mass is 209 g/mol. The molecule has 0 saturated carbocycles. The van der Waals surface area contributed by atoms with Gasteiger partial charge in [0.25, 0.3) is 0 Å². The average molecular weight is 209 g/mol. The predicted octanol–water partition coefficient (Wildman–Crippen LogP) is 0.860. The maximum Gasteiger partial charge on any atom is 0.0667 e. The first-order valence-corrected chi connectivity index (χ1v) is 5.69. The highest BCUT2D eigenvalue weighted by molar-refractivity contribution is 5.03. The summed E-state index contributed by atoms with van der Waals surface area (Å²) in [4.78, 5) is 2.30. The standard InChI is InChI=1S/C11H19N3O/c1-2-14-8-10(6-12-14)7-13-5-3-4-11(15)9-13/h6,8,11,15H,2-5,7,9H2,1H3. The predicted molar refractivity (Wildman–Crippen MR) is 58.4 cm³/mol. The molecule has 1 N–H and O–H groups in total. The normalized spacial score (nSPS) is 23.2. The third kappa shape index (κ3) is 2.79. The Morgan fingerprint density at radius 3 is 3.13 bits per heavy atom. The number of aromatic nitrogens is 2. The highest BCUT2D eigenvalue weighted by Crippen LogP contribution is 2.13. The van der Waals surface area contributed by atoms with Gasteiger partial charge in [0.1, 0.15) is 0 Å². The molecule has 4 nitrogen and oxygen atoms in total. The second-order valence-corrected chi connectivity index (χ2v) is 4.24. The number of aliphatic hydroxyl groups excluding tert-OH is 1.